The lowest BCUT2D eigenvalue weighted by atomic mass is 9.72. The zero-order chi connectivity index (χ0) is 27.7. The minimum absolute atomic E-state index is 0.0870. The lowest BCUT2D eigenvalue weighted by molar-refractivity contribution is 0.102. The molecule has 0 radical (unpaired) electrons. The molecule has 1 atom stereocenters. The van der Waals surface area contributed by atoms with Crippen LogP contribution in [-0.2, 0) is 12.8 Å². The number of nitrogens with zero attached hydrogens (tertiary/aromatic N) is 1. The third-order valence-corrected chi connectivity index (χ3v) is 8.82. The highest BCUT2D eigenvalue weighted by Gasteiger charge is 2.33. The molecule has 6 heteroatoms. The van der Waals surface area contributed by atoms with Gasteiger partial charge in [0, 0.05) is 32.8 Å². The van der Waals surface area contributed by atoms with E-state index >= 15 is 0 Å². The number of hydrogen-bond acceptors (Lipinski definition) is 4. The first kappa shape index (κ1) is 27.4. The van der Waals surface area contributed by atoms with E-state index in [0.717, 1.165) is 57.6 Å². The molecule has 4 nitrogen and oxygen atoms in total. The van der Waals surface area contributed by atoms with Crippen LogP contribution in [0.15, 0.2) is 65.7 Å². The number of hydrogen-bond donors (Lipinski definition) is 1. The Bertz CT molecular complexity index is 1530. The molecule has 5 rings (SSSR count). The molecule has 0 unspecified atom stereocenters. The average molecular weight is 559 g/mol. The van der Waals surface area contributed by atoms with Crippen LogP contribution < -0.4 is 10.1 Å². The molecule has 39 heavy (non-hydrogen) atoms. The van der Waals surface area contributed by atoms with Gasteiger partial charge in [-0.1, -0.05) is 56.6 Å². The summed E-state index contributed by atoms with van der Waals surface area (Å²) in [6.45, 7) is 11.0. The molecule has 0 fully saturated rings. The Kier molecular flexibility index (Phi) is 7.84. The van der Waals surface area contributed by atoms with Crippen molar-refractivity contribution in [2.75, 3.05) is 5.32 Å². The van der Waals surface area contributed by atoms with E-state index in [-0.39, 0.29) is 17.4 Å². The van der Waals surface area contributed by atoms with Gasteiger partial charge in [0.05, 0.1) is 11.7 Å². The van der Waals surface area contributed by atoms with Crippen LogP contribution >= 0.6 is 22.9 Å². The number of thiophene rings is 1. The number of benzene rings is 3. The maximum Gasteiger partial charge on any atom is 0.259 e. The number of aliphatic imine (C=N–C) groups is 1. The van der Waals surface area contributed by atoms with Crippen LogP contribution in [0.25, 0.3) is 10.8 Å². The topological polar surface area (TPSA) is 50.7 Å². The molecule has 3 aromatic carbocycles. The van der Waals surface area contributed by atoms with E-state index in [1.807, 2.05) is 56.5 Å². The highest BCUT2D eigenvalue weighted by Crippen LogP contribution is 2.45. The number of rotatable bonds is 6. The summed E-state index contributed by atoms with van der Waals surface area (Å²) >= 11 is 7.71. The summed E-state index contributed by atoms with van der Waals surface area (Å²) in [6, 6.07) is 19.5. The number of ether oxygens (including phenoxy) is 1. The van der Waals surface area contributed by atoms with Crippen molar-refractivity contribution >= 4 is 56.5 Å². The Hall–Kier alpha value is -3.15. The fourth-order valence-electron chi connectivity index (χ4n) is 5.25. The van der Waals surface area contributed by atoms with E-state index in [0.29, 0.717) is 16.5 Å². The van der Waals surface area contributed by atoms with Crippen LogP contribution in [-0.4, -0.2) is 18.2 Å². The van der Waals surface area contributed by atoms with Gasteiger partial charge < -0.3 is 10.1 Å². The smallest absolute Gasteiger partial charge is 0.259 e. The van der Waals surface area contributed by atoms with Crippen LogP contribution in [0.5, 0.6) is 5.75 Å². The first-order valence-electron chi connectivity index (χ1n) is 13.5. The second-order valence-corrected chi connectivity index (χ2v) is 13.1. The van der Waals surface area contributed by atoms with Gasteiger partial charge in [0.15, 0.2) is 0 Å². The molecule has 0 aliphatic heterocycles. The van der Waals surface area contributed by atoms with Crippen molar-refractivity contribution in [1.29, 1.82) is 0 Å². The van der Waals surface area contributed by atoms with Gasteiger partial charge in [-0.2, -0.15) is 0 Å². The summed E-state index contributed by atoms with van der Waals surface area (Å²) < 4.78 is 6.05. The van der Waals surface area contributed by atoms with Crippen molar-refractivity contribution < 1.29 is 9.53 Å². The van der Waals surface area contributed by atoms with E-state index in [9.17, 15) is 4.79 Å². The van der Waals surface area contributed by atoms with Gasteiger partial charge >= 0.3 is 0 Å². The first-order chi connectivity index (χ1) is 18.6. The third-order valence-electron chi connectivity index (χ3n) is 7.40. The van der Waals surface area contributed by atoms with Gasteiger partial charge in [-0.3, -0.25) is 4.79 Å². The van der Waals surface area contributed by atoms with Gasteiger partial charge in [-0.25, -0.2) is 4.99 Å². The Morgan fingerprint density at radius 3 is 2.49 bits per heavy atom. The highest BCUT2D eigenvalue weighted by atomic mass is 35.5. The van der Waals surface area contributed by atoms with Crippen LogP contribution in [0.4, 0.5) is 10.7 Å². The number of amides is 1. The number of carbonyl (C=O) groups is 1. The Morgan fingerprint density at radius 2 is 1.79 bits per heavy atom. The molecular weight excluding hydrogens is 524 g/mol. The predicted molar refractivity (Wildman–Crippen MR) is 166 cm³/mol. The number of halogens is 1. The maximum atomic E-state index is 13.7. The van der Waals surface area contributed by atoms with Crippen molar-refractivity contribution in [3.8, 4) is 5.75 Å². The summed E-state index contributed by atoms with van der Waals surface area (Å²) in [4.78, 5) is 19.9. The fraction of sp³-hybridized carbons (Fsp3) is 0.333. The number of nitrogens with one attached hydrogen (secondary N) is 1. The van der Waals surface area contributed by atoms with Gasteiger partial charge in [0.1, 0.15) is 10.8 Å². The van der Waals surface area contributed by atoms with E-state index in [1.54, 1.807) is 23.5 Å². The summed E-state index contributed by atoms with van der Waals surface area (Å²) in [5.74, 6) is 1.31. The number of carbonyl (C=O) groups excluding carboxylic acids is 1. The summed E-state index contributed by atoms with van der Waals surface area (Å²) in [5, 5.41) is 6.59. The number of anilines is 1. The van der Waals surface area contributed by atoms with E-state index in [4.69, 9.17) is 21.3 Å². The molecule has 4 aromatic rings. The minimum Gasteiger partial charge on any atom is -0.490 e. The second kappa shape index (κ2) is 11.1. The molecule has 0 bridgehead atoms. The van der Waals surface area contributed by atoms with Gasteiger partial charge in [0.25, 0.3) is 5.91 Å². The minimum atomic E-state index is -0.123. The van der Waals surface area contributed by atoms with E-state index < -0.39 is 0 Å². The standard InChI is InChI=1S/C33H35ClN2O2S/c1-20(2)38-28-17-10-21(25-8-6-7-9-26(25)28)19-35-32-30(31(37)36-24-14-12-23(34)13-15-24)27-16-11-22(33(3,4)5)18-29(27)39-32/h6-10,12-15,17,19-20,22H,11,16,18H2,1-5H3,(H,36,37)/t22-/m1/s1. The van der Waals surface area contributed by atoms with Crippen LogP contribution in [0.3, 0.4) is 0 Å². The lowest BCUT2D eigenvalue weighted by Crippen LogP contribution is -2.27. The van der Waals surface area contributed by atoms with Crippen molar-refractivity contribution in [3.63, 3.8) is 0 Å². The Labute approximate surface area is 240 Å². The molecule has 1 N–H and O–H groups in total. The predicted octanol–water partition coefficient (Wildman–Crippen LogP) is 9.50. The maximum absolute atomic E-state index is 13.7. The van der Waals surface area contributed by atoms with E-state index in [1.165, 1.54) is 4.88 Å². The largest absolute Gasteiger partial charge is 0.490 e. The lowest BCUT2D eigenvalue weighted by Gasteiger charge is -2.33. The highest BCUT2D eigenvalue weighted by molar-refractivity contribution is 7.16. The summed E-state index contributed by atoms with van der Waals surface area (Å²) in [6.07, 6.45) is 4.91. The summed E-state index contributed by atoms with van der Waals surface area (Å²) in [7, 11) is 0. The monoisotopic (exact) mass is 558 g/mol. The normalized spacial score (nSPS) is 15.6. The van der Waals surface area contributed by atoms with Gasteiger partial charge in [0.2, 0.25) is 0 Å². The van der Waals surface area contributed by atoms with Gasteiger partial charge in [-0.15, -0.1) is 11.3 Å². The van der Waals surface area contributed by atoms with Crippen LogP contribution in [0.1, 0.15) is 67.4 Å². The molecule has 1 aliphatic carbocycles. The molecule has 1 heterocycles. The zero-order valence-corrected chi connectivity index (χ0v) is 24.7. The number of fused-ring (bicyclic) bond motifs is 2. The molecule has 0 saturated heterocycles. The summed E-state index contributed by atoms with van der Waals surface area (Å²) in [5.41, 5.74) is 3.76. The fourth-order valence-corrected chi connectivity index (χ4v) is 6.65. The zero-order valence-electron chi connectivity index (χ0n) is 23.2. The molecular formula is C33H35ClN2O2S. The molecule has 0 spiro atoms. The Balaban J connectivity index is 1.54. The van der Waals surface area contributed by atoms with Crippen LogP contribution in [0, 0.1) is 11.3 Å². The average Bonchev–Trinajstić information content (AvgIpc) is 3.26. The first-order valence-corrected chi connectivity index (χ1v) is 14.7. The van der Waals surface area contributed by atoms with Crippen LogP contribution in [0.2, 0.25) is 5.02 Å². The molecule has 0 saturated carbocycles. The van der Waals surface area contributed by atoms with Crippen molar-refractivity contribution in [2.24, 2.45) is 16.3 Å². The van der Waals surface area contributed by atoms with Crippen molar-refractivity contribution in [2.45, 2.75) is 60.0 Å². The van der Waals surface area contributed by atoms with Gasteiger partial charge in [-0.05, 0) is 91.8 Å². The molecule has 202 valence electrons. The molecule has 1 aromatic heterocycles. The Morgan fingerprint density at radius 1 is 1.08 bits per heavy atom. The molecule has 1 amide bonds. The van der Waals surface area contributed by atoms with Crippen molar-refractivity contribution in [3.05, 3.63) is 87.3 Å². The molecule has 1 aliphatic rings. The van der Waals surface area contributed by atoms with Crippen molar-refractivity contribution in [1.82, 2.24) is 0 Å². The SMILES string of the molecule is CC(C)Oc1ccc(C=Nc2sc3c(c2C(=O)Nc2ccc(Cl)cc2)CC[C@@H](C(C)(C)C)C3)c2ccccc12. The second-order valence-electron chi connectivity index (χ2n) is 11.6. The van der Waals surface area contributed by atoms with E-state index in [2.05, 4.69) is 38.2 Å². The third kappa shape index (κ3) is 6.05. The quantitative estimate of drug-likeness (QED) is 0.239.